The lowest BCUT2D eigenvalue weighted by Gasteiger charge is -1.99. The summed E-state index contributed by atoms with van der Waals surface area (Å²) in [6.07, 6.45) is 1.85. The van der Waals surface area contributed by atoms with Gasteiger partial charge < -0.3 is 4.74 Å². The van der Waals surface area contributed by atoms with Crippen LogP contribution in [0.5, 0.6) is 5.75 Å². The largest absolute Gasteiger partial charge is 0.497 e. The van der Waals surface area contributed by atoms with Crippen molar-refractivity contribution < 1.29 is 4.74 Å². The summed E-state index contributed by atoms with van der Waals surface area (Å²) < 4.78 is 9.45. The lowest BCUT2D eigenvalue weighted by molar-refractivity contribution is 0.415. The Hall–Kier alpha value is -1.74. The predicted molar refractivity (Wildman–Crippen MR) is 77.6 cm³/mol. The van der Waals surface area contributed by atoms with Crippen molar-refractivity contribution >= 4 is 18.2 Å². The van der Waals surface area contributed by atoms with Gasteiger partial charge in [0, 0.05) is 23.1 Å². The molecule has 3 heteroatoms. The molecule has 0 aromatic heterocycles. The van der Waals surface area contributed by atoms with Gasteiger partial charge in [0.1, 0.15) is 5.75 Å². The van der Waals surface area contributed by atoms with Gasteiger partial charge in [0.2, 0.25) is 0 Å². The molecule has 0 fully saturated rings. The summed E-state index contributed by atoms with van der Waals surface area (Å²) in [5, 5.41) is 0. The molecule has 0 aliphatic heterocycles. The van der Waals surface area contributed by atoms with Gasteiger partial charge in [0.25, 0.3) is 0 Å². The Morgan fingerprint density at radius 1 is 1.00 bits per heavy atom. The van der Waals surface area contributed by atoms with Crippen LogP contribution < -0.4 is 4.74 Å². The molecule has 0 amide bonds. The van der Waals surface area contributed by atoms with Crippen molar-refractivity contribution in [1.29, 1.82) is 0 Å². The lowest BCUT2D eigenvalue weighted by atomic mass is 10.2. The monoisotopic (exact) mass is 257 g/mol. The van der Waals surface area contributed by atoms with Crippen molar-refractivity contribution in [2.24, 2.45) is 4.40 Å². The molecule has 2 aromatic carbocycles. The first-order valence-corrected chi connectivity index (χ1v) is 6.46. The van der Waals surface area contributed by atoms with Gasteiger partial charge in [-0.05, 0) is 48.9 Å². The summed E-state index contributed by atoms with van der Waals surface area (Å²) in [5.41, 5.74) is 2.33. The summed E-state index contributed by atoms with van der Waals surface area (Å²) in [7, 11) is 1.66. The van der Waals surface area contributed by atoms with E-state index in [4.69, 9.17) is 4.74 Å². The Morgan fingerprint density at radius 2 is 1.67 bits per heavy atom. The minimum Gasteiger partial charge on any atom is -0.497 e. The van der Waals surface area contributed by atoms with E-state index in [1.807, 2.05) is 30.5 Å². The molecule has 0 saturated carbocycles. The maximum Gasteiger partial charge on any atom is 0.118 e. The molecule has 0 heterocycles. The maximum absolute atomic E-state index is 5.10. The highest BCUT2D eigenvalue weighted by atomic mass is 32.2. The normalized spacial score (nSPS) is 10.8. The van der Waals surface area contributed by atoms with Crippen molar-refractivity contribution in [2.75, 3.05) is 7.11 Å². The molecule has 0 radical (unpaired) electrons. The second-order valence-corrected chi connectivity index (χ2v) is 4.78. The Kier molecular flexibility index (Phi) is 4.42. The van der Waals surface area contributed by atoms with Crippen molar-refractivity contribution in [3.8, 4) is 5.75 Å². The Labute approximate surface area is 112 Å². The van der Waals surface area contributed by atoms with Gasteiger partial charge in [0.15, 0.2) is 0 Å². The molecule has 2 aromatic rings. The zero-order valence-corrected chi connectivity index (χ0v) is 11.3. The molecular formula is C15H15NOS. The molecule has 2 rings (SSSR count). The van der Waals surface area contributed by atoms with Gasteiger partial charge in [-0.3, -0.25) is 0 Å². The molecule has 92 valence electrons. The molecule has 0 spiro atoms. The van der Waals surface area contributed by atoms with Gasteiger partial charge in [-0.1, -0.05) is 17.7 Å². The van der Waals surface area contributed by atoms with E-state index in [1.165, 1.54) is 17.5 Å². The molecule has 0 bridgehead atoms. The lowest BCUT2D eigenvalue weighted by Crippen LogP contribution is -1.83. The van der Waals surface area contributed by atoms with Gasteiger partial charge in [-0.15, -0.1) is 0 Å². The highest BCUT2D eigenvalue weighted by Crippen LogP contribution is 2.19. The van der Waals surface area contributed by atoms with Crippen molar-refractivity contribution in [3.63, 3.8) is 0 Å². The Balaban J connectivity index is 1.96. The van der Waals surface area contributed by atoms with Crippen LogP contribution in [-0.4, -0.2) is 13.3 Å². The Bertz CT molecular complexity index is 517. The molecule has 0 atom stereocenters. The molecule has 0 saturated heterocycles. The minimum atomic E-state index is 0.860. The molecular weight excluding hydrogens is 242 g/mol. The standard InChI is InChI=1S/C15H15NOS/c1-12-3-9-15(10-4-12)18-16-11-13-5-7-14(17-2)8-6-13/h3-11H,1-2H3/b16-11+. The van der Waals surface area contributed by atoms with Crippen LogP contribution in [0.1, 0.15) is 11.1 Å². The summed E-state index contributed by atoms with van der Waals surface area (Å²) >= 11 is 1.47. The Morgan fingerprint density at radius 3 is 2.28 bits per heavy atom. The minimum absolute atomic E-state index is 0.860. The zero-order chi connectivity index (χ0) is 12.8. The molecule has 0 N–H and O–H groups in total. The van der Waals surface area contributed by atoms with Crippen molar-refractivity contribution in [1.82, 2.24) is 0 Å². The predicted octanol–water partition coefficient (Wildman–Crippen LogP) is 4.13. The number of hydrogen-bond acceptors (Lipinski definition) is 3. The molecule has 18 heavy (non-hydrogen) atoms. The third kappa shape index (κ3) is 3.64. The molecule has 2 nitrogen and oxygen atoms in total. The van der Waals surface area contributed by atoms with Crippen LogP contribution in [0.4, 0.5) is 0 Å². The van der Waals surface area contributed by atoms with Crippen LogP contribution >= 0.6 is 11.9 Å². The number of methoxy groups -OCH3 is 1. The average Bonchev–Trinajstić information content (AvgIpc) is 2.42. The van der Waals surface area contributed by atoms with E-state index in [-0.39, 0.29) is 0 Å². The number of ether oxygens (including phenoxy) is 1. The van der Waals surface area contributed by atoms with E-state index in [2.05, 4.69) is 35.6 Å². The van der Waals surface area contributed by atoms with Crippen LogP contribution in [0, 0.1) is 6.92 Å². The van der Waals surface area contributed by atoms with E-state index in [9.17, 15) is 0 Å². The fraction of sp³-hybridized carbons (Fsp3) is 0.133. The third-order valence-electron chi connectivity index (χ3n) is 2.50. The van der Waals surface area contributed by atoms with E-state index >= 15 is 0 Å². The van der Waals surface area contributed by atoms with Crippen molar-refractivity contribution in [2.45, 2.75) is 11.8 Å². The summed E-state index contributed by atoms with van der Waals surface area (Å²) in [6.45, 7) is 2.08. The SMILES string of the molecule is COc1ccc(/C=N/Sc2ccc(C)cc2)cc1. The smallest absolute Gasteiger partial charge is 0.118 e. The van der Waals surface area contributed by atoms with Crippen molar-refractivity contribution in [3.05, 3.63) is 59.7 Å². The van der Waals surface area contributed by atoms with Gasteiger partial charge in [0.05, 0.1) is 7.11 Å². The number of nitrogens with zero attached hydrogens (tertiary/aromatic N) is 1. The second kappa shape index (κ2) is 6.26. The first-order chi connectivity index (χ1) is 8.78. The molecule has 0 unspecified atom stereocenters. The van der Waals surface area contributed by atoms with Gasteiger partial charge >= 0.3 is 0 Å². The van der Waals surface area contributed by atoms with Crippen LogP contribution in [0.2, 0.25) is 0 Å². The number of benzene rings is 2. The summed E-state index contributed by atoms with van der Waals surface area (Å²) in [6, 6.07) is 16.2. The van der Waals surface area contributed by atoms with Crippen LogP contribution in [-0.2, 0) is 0 Å². The summed E-state index contributed by atoms with van der Waals surface area (Å²) in [4.78, 5) is 1.14. The number of rotatable bonds is 4. The summed E-state index contributed by atoms with van der Waals surface area (Å²) in [5.74, 6) is 0.860. The van der Waals surface area contributed by atoms with Gasteiger partial charge in [-0.2, -0.15) is 0 Å². The number of hydrogen-bond donors (Lipinski definition) is 0. The molecule has 0 aliphatic rings. The van der Waals surface area contributed by atoms with E-state index in [1.54, 1.807) is 7.11 Å². The number of aryl methyl sites for hydroxylation is 1. The highest BCUT2D eigenvalue weighted by molar-refractivity contribution is 7.98. The second-order valence-electron chi connectivity index (χ2n) is 3.91. The first-order valence-electron chi connectivity index (χ1n) is 5.69. The van der Waals surface area contributed by atoms with E-state index < -0.39 is 0 Å². The fourth-order valence-corrected chi connectivity index (χ4v) is 1.99. The fourth-order valence-electron chi connectivity index (χ4n) is 1.44. The topological polar surface area (TPSA) is 21.6 Å². The van der Waals surface area contributed by atoms with Crippen LogP contribution in [0.25, 0.3) is 0 Å². The first kappa shape index (κ1) is 12.7. The zero-order valence-electron chi connectivity index (χ0n) is 10.5. The van der Waals surface area contributed by atoms with E-state index in [0.717, 1.165) is 16.2 Å². The average molecular weight is 257 g/mol. The van der Waals surface area contributed by atoms with Gasteiger partial charge in [-0.25, -0.2) is 4.40 Å². The highest BCUT2D eigenvalue weighted by Gasteiger charge is 1.92. The van der Waals surface area contributed by atoms with Crippen LogP contribution in [0.3, 0.4) is 0 Å². The third-order valence-corrected chi connectivity index (χ3v) is 3.19. The maximum atomic E-state index is 5.10. The van der Waals surface area contributed by atoms with Crippen LogP contribution in [0.15, 0.2) is 57.8 Å². The molecule has 0 aliphatic carbocycles. The quantitative estimate of drug-likeness (QED) is 0.606. The van der Waals surface area contributed by atoms with E-state index in [0.29, 0.717) is 0 Å².